The monoisotopic (exact) mass is 410 g/mol. The van der Waals surface area contributed by atoms with Gasteiger partial charge in [0.2, 0.25) is 11.8 Å². The lowest BCUT2D eigenvalue weighted by Crippen LogP contribution is -2.45. The first-order valence-corrected chi connectivity index (χ1v) is 9.67. The summed E-state index contributed by atoms with van der Waals surface area (Å²) in [6.07, 6.45) is -0.517. The molecule has 0 aliphatic carbocycles. The molecule has 158 valence electrons. The van der Waals surface area contributed by atoms with Crippen LogP contribution in [0.15, 0.2) is 48.5 Å². The van der Waals surface area contributed by atoms with Gasteiger partial charge in [-0.15, -0.1) is 0 Å². The van der Waals surface area contributed by atoms with E-state index in [2.05, 4.69) is 10.6 Å². The summed E-state index contributed by atoms with van der Waals surface area (Å²) in [6, 6.07) is 14.3. The second-order valence-electron chi connectivity index (χ2n) is 7.38. The minimum Gasteiger partial charge on any atom is -0.447 e. The molecule has 0 unspecified atom stereocenters. The minimum atomic E-state index is -0.687. The van der Waals surface area contributed by atoms with E-state index in [-0.39, 0.29) is 25.0 Å². The van der Waals surface area contributed by atoms with Crippen LogP contribution in [-0.2, 0) is 27.4 Å². The first-order valence-electron chi connectivity index (χ1n) is 9.67. The average molecular weight is 410 g/mol. The number of nitrogens with one attached hydrogen (secondary N) is 2. The molecule has 0 radical (unpaired) electrons. The molecule has 0 spiro atoms. The molecule has 0 saturated carbocycles. The van der Waals surface area contributed by atoms with Gasteiger partial charge in [0, 0.05) is 38.9 Å². The van der Waals surface area contributed by atoms with E-state index in [0.717, 1.165) is 16.8 Å². The molecule has 2 aromatic carbocycles. The summed E-state index contributed by atoms with van der Waals surface area (Å²) in [5.41, 5.74) is 3.56. The Balaban J connectivity index is 1.59. The van der Waals surface area contributed by atoms with E-state index in [1.165, 1.54) is 11.8 Å². The van der Waals surface area contributed by atoms with Crippen LogP contribution in [0.1, 0.15) is 18.1 Å². The third-order valence-corrected chi connectivity index (χ3v) is 4.82. The predicted molar refractivity (Wildman–Crippen MR) is 114 cm³/mol. The zero-order chi connectivity index (χ0) is 21.7. The highest BCUT2D eigenvalue weighted by Crippen LogP contribution is 2.19. The largest absolute Gasteiger partial charge is 0.447 e. The number of anilines is 2. The van der Waals surface area contributed by atoms with Crippen molar-refractivity contribution < 1.29 is 19.1 Å². The molecule has 30 heavy (non-hydrogen) atoms. The van der Waals surface area contributed by atoms with Gasteiger partial charge in [0.25, 0.3) is 0 Å². The number of carbonyl (C=O) groups excluding carboxylic acids is 3. The van der Waals surface area contributed by atoms with Crippen molar-refractivity contribution in [1.82, 2.24) is 10.2 Å². The minimum absolute atomic E-state index is 0.0220. The lowest BCUT2D eigenvalue weighted by atomic mass is 10.1. The van der Waals surface area contributed by atoms with Crippen LogP contribution in [0.25, 0.3) is 0 Å². The third kappa shape index (κ3) is 5.28. The molecule has 3 rings (SSSR count). The molecule has 8 nitrogen and oxygen atoms in total. The number of hydrogen-bond acceptors (Lipinski definition) is 5. The fourth-order valence-electron chi connectivity index (χ4n) is 3.15. The number of ether oxygens (including phenoxy) is 1. The first-order chi connectivity index (χ1) is 14.3. The van der Waals surface area contributed by atoms with Gasteiger partial charge in [-0.3, -0.25) is 14.5 Å². The van der Waals surface area contributed by atoms with Crippen LogP contribution in [0.5, 0.6) is 0 Å². The van der Waals surface area contributed by atoms with Crippen molar-refractivity contribution in [2.24, 2.45) is 0 Å². The fourth-order valence-corrected chi connectivity index (χ4v) is 3.15. The highest BCUT2D eigenvalue weighted by molar-refractivity contribution is 5.89. The van der Waals surface area contributed by atoms with Gasteiger partial charge >= 0.3 is 6.09 Å². The predicted octanol–water partition coefficient (Wildman–Crippen LogP) is 2.35. The van der Waals surface area contributed by atoms with E-state index in [1.807, 2.05) is 43.3 Å². The van der Waals surface area contributed by atoms with Crippen LogP contribution in [0, 0.1) is 0 Å². The van der Waals surface area contributed by atoms with Crippen LogP contribution < -0.4 is 15.5 Å². The molecule has 1 atom stereocenters. The Kier molecular flexibility index (Phi) is 6.56. The van der Waals surface area contributed by atoms with Crippen molar-refractivity contribution in [2.45, 2.75) is 26.1 Å². The Hall–Kier alpha value is -3.55. The molecule has 1 fully saturated rings. The van der Waals surface area contributed by atoms with Gasteiger partial charge in [-0.05, 0) is 35.4 Å². The maximum atomic E-state index is 12.7. The van der Waals surface area contributed by atoms with E-state index in [9.17, 15) is 14.4 Å². The highest BCUT2D eigenvalue weighted by atomic mass is 16.6. The van der Waals surface area contributed by atoms with Gasteiger partial charge < -0.3 is 20.3 Å². The van der Waals surface area contributed by atoms with Crippen molar-refractivity contribution in [1.29, 1.82) is 0 Å². The lowest BCUT2D eigenvalue weighted by Gasteiger charge is -2.21. The molecule has 0 aromatic heterocycles. The van der Waals surface area contributed by atoms with Crippen LogP contribution >= 0.6 is 0 Å². The van der Waals surface area contributed by atoms with Gasteiger partial charge in [0.15, 0.2) is 0 Å². The molecular weight excluding hydrogens is 384 g/mol. The normalized spacial score (nSPS) is 15.5. The van der Waals surface area contributed by atoms with Crippen molar-refractivity contribution in [2.75, 3.05) is 30.9 Å². The number of nitrogens with zero attached hydrogens (tertiary/aromatic N) is 2. The smallest absolute Gasteiger partial charge is 0.410 e. The van der Waals surface area contributed by atoms with E-state index in [1.54, 1.807) is 24.3 Å². The molecule has 1 heterocycles. The second-order valence-corrected chi connectivity index (χ2v) is 7.38. The first kappa shape index (κ1) is 21.2. The summed E-state index contributed by atoms with van der Waals surface area (Å²) in [5, 5.41) is 5.58. The molecule has 1 saturated heterocycles. The second kappa shape index (κ2) is 9.30. The SMILES string of the molecule is CC(=O)Nc1ccc(CN2C(=O)OC[C@H]2C(=O)NCc2ccc(N(C)C)cc2)cc1. The Bertz CT molecular complexity index is 910. The Labute approximate surface area is 175 Å². The topological polar surface area (TPSA) is 91.0 Å². The zero-order valence-corrected chi connectivity index (χ0v) is 17.3. The highest BCUT2D eigenvalue weighted by Gasteiger charge is 2.37. The van der Waals surface area contributed by atoms with E-state index in [4.69, 9.17) is 4.74 Å². The summed E-state index contributed by atoms with van der Waals surface area (Å²) < 4.78 is 5.11. The molecule has 0 bridgehead atoms. The summed E-state index contributed by atoms with van der Waals surface area (Å²) in [4.78, 5) is 39.4. The summed E-state index contributed by atoms with van der Waals surface area (Å²) in [5.74, 6) is -0.411. The third-order valence-electron chi connectivity index (χ3n) is 4.82. The number of hydrogen-bond donors (Lipinski definition) is 2. The quantitative estimate of drug-likeness (QED) is 0.731. The van der Waals surface area contributed by atoms with Gasteiger partial charge in [-0.2, -0.15) is 0 Å². The summed E-state index contributed by atoms with van der Waals surface area (Å²) in [7, 11) is 3.94. The molecule has 2 N–H and O–H groups in total. The van der Waals surface area contributed by atoms with Gasteiger partial charge in [0.05, 0.1) is 6.54 Å². The number of cyclic esters (lactones) is 1. The summed E-state index contributed by atoms with van der Waals surface area (Å²) >= 11 is 0. The van der Waals surface area contributed by atoms with Crippen LogP contribution in [0.2, 0.25) is 0 Å². The van der Waals surface area contributed by atoms with E-state index >= 15 is 0 Å². The van der Waals surface area contributed by atoms with E-state index < -0.39 is 12.1 Å². The van der Waals surface area contributed by atoms with Crippen molar-refractivity contribution >= 4 is 29.3 Å². The number of carbonyl (C=O) groups is 3. The van der Waals surface area contributed by atoms with E-state index in [0.29, 0.717) is 12.2 Å². The maximum Gasteiger partial charge on any atom is 0.410 e. The Morgan fingerprint density at radius 2 is 1.70 bits per heavy atom. The molecule has 2 aromatic rings. The van der Waals surface area contributed by atoms with Crippen molar-refractivity contribution in [3.8, 4) is 0 Å². The lowest BCUT2D eigenvalue weighted by molar-refractivity contribution is -0.125. The molecule has 1 aliphatic rings. The van der Waals surface area contributed by atoms with Crippen molar-refractivity contribution in [3.63, 3.8) is 0 Å². The molecular formula is C22H26N4O4. The van der Waals surface area contributed by atoms with Crippen LogP contribution in [0.4, 0.5) is 16.2 Å². The van der Waals surface area contributed by atoms with Crippen molar-refractivity contribution in [3.05, 3.63) is 59.7 Å². The number of amides is 3. The number of benzene rings is 2. The molecule has 1 aliphatic heterocycles. The molecule has 3 amide bonds. The van der Waals surface area contributed by atoms with Gasteiger partial charge in [0.1, 0.15) is 12.6 Å². The fraction of sp³-hybridized carbons (Fsp3) is 0.318. The standard InChI is InChI=1S/C22H26N4O4/c1-15(27)24-18-8-4-17(5-9-18)13-26-20(14-30-22(26)29)21(28)23-12-16-6-10-19(11-7-16)25(2)3/h4-11,20H,12-14H2,1-3H3,(H,23,28)(H,24,27)/t20-/m0/s1. The Morgan fingerprint density at radius 1 is 1.07 bits per heavy atom. The van der Waals surface area contributed by atoms with Gasteiger partial charge in [-0.1, -0.05) is 24.3 Å². The summed E-state index contributed by atoms with van der Waals surface area (Å²) in [6.45, 7) is 2.08. The molecule has 8 heteroatoms. The van der Waals surface area contributed by atoms with Gasteiger partial charge in [-0.25, -0.2) is 4.79 Å². The van der Waals surface area contributed by atoms with Crippen LogP contribution in [0.3, 0.4) is 0 Å². The average Bonchev–Trinajstić information content (AvgIpc) is 3.08. The Morgan fingerprint density at radius 3 is 2.30 bits per heavy atom. The van der Waals surface area contributed by atoms with Crippen LogP contribution in [-0.4, -0.2) is 49.6 Å². The zero-order valence-electron chi connectivity index (χ0n) is 17.3. The maximum absolute atomic E-state index is 12.7. The number of rotatable bonds is 7.